The molecule has 0 saturated carbocycles. The summed E-state index contributed by atoms with van der Waals surface area (Å²) in [7, 11) is 0. The van der Waals surface area contributed by atoms with Crippen LogP contribution >= 0.6 is 0 Å². The molecule has 0 spiro atoms. The summed E-state index contributed by atoms with van der Waals surface area (Å²) in [5.41, 5.74) is 3.70. The van der Waals surface area contributed by atoms with Gasteiger partial charge in [0.05, 0.1) is 11.1 Å². The van der Waals surface area contributed by atoms with Crippen molar-refractivity contribution in [3.63, 3.8) is 0 Å². The molecule has 4 heteroatoms. The Labute approximate surface area is 189 Å². The lowest BCUT2D eigenvalue weighted by Crippen LogP contribution is -2.16. The van der Waals surface area contributed by atoms with Gasteiger partial charge in [-0.2, -0.15) is 0 Å². The molecule has 0 amide bonds. The normalized spacial score (nSPS) is 11.8. The molecule has 32 heavy (non-hydrogen) atoms. The number of aromatic carboxylic acids is 2. The molecule has 0 heterocycles. The maximum absolute atomic E-state index is 12.4. The fraction of sp³-hybridized carbons (Fsp3) is 0.286. The van der Waals surface area contributed by atoms with Crippen molar-refractivity contribution in [2.45, 2.75) is 46.0 Å². The number of carboxylic acids is 2. The van der Waals surface area contributed by atoms with Gasteiger partial charge in [0, 0.05) is 0 Å². The third-order valence-corrected chi connectivity index (χ3v) is 6.06. The van der Waals surface area contributed by atoms with Crippen LogP contribution in [0.2, 0.25) is 0 Å². The van der Waals surface area contributed by atoms with Gasteiger partial charge in [0.15, 0.2) is 0 Å². The summed E-state index contributed by atoms with van der Waals surface area (Å²) in [4.78, 5) is 24.6. The van der Waals surface area contributed by atoms with Crippen molar-refractivity contribution >= 4 is 11.9 Å². The molecular formula is C28H30O4. The van der Waals surface area contributed by atoms with Crippen LogP contribution in [0.3, 0.4) is 0 Å². The van der Waals surface area contributed by atoms with E-state index < -0.39 is 11.9 Å². The van der Waals surface area contributed by atoms with E-state index in [1.54, 1.807) is 0 Å². The van der Waals surface area contributed by atoms with Crippen LogP contribution in [0.15, 0.2) is 66.7 Å². The number of benzene rings is 3. The predicted molar refractivity (Wildman–Crippen MR) is 128 cm³/mol. The van der Waals surface area contributed by atoms with E-state index >= 15 is 0 Å². The summed E-state index contributed by atoms with van der Waals surface area (Å²) in [6.07, 6.45) is 4.55. The highest BCUT2D eigenvalue weighted by molar-refractivity contribution is 6.07. The number of hydrogen-bond acceptors (Lipinski definition) is 2. The zero-order valence-corrected chi connectivity index (χ0v) is 18.7. The molecular weight excluding hydrogens is 400 g/mol. The lowest BCUT2D eigenvalue weighted by molar-refractivity contribution is 0.0650. The standard InChI is InChI=1S/C28H30O4/c1-3-5-12-19(4-2)17-23-25(21-15-10-7-11-16-21)22(20-13-8-6-9-14-20)18-24(27(29)30)26(23)28(31)32/h6-11,13-16,18-19H,3-5,12,17H2,1-2H3,(H,29,30)(H,31,32). The summed E-state index contributed by atoms with van der Waals surface area (Å²) in [6.45, 7) is 4.26. The molecule has 0 fully saturated rings. The van der Waals surface area contributed by atoms with Gasteiger partial charge in [-0.25, -0.2) is 9.59 Å². The van der Waals surface area contributed by atoms with Gasteiger partial charge >= 0.3 is 11.9 Å². The lowest BCUT2D eigenvalue weighted by Gasteiger charge is -2.23. The quantitative estimate of drug-likeness (QED) is 0.357. The summed E-state index contributed by atoms with van der Waals surface area (Å²) in [6, 6.07) is 20.8. The van der Waals surface area contributed by atoms with Gasteiger partial charge in [0.2, 0.25) is 0 Å². The lowest BCUT2D eigenvalue weighted by atomic mass is 9.80. The molecule has 3 rings (SSSR count). The predicted octanol–water partition coefficient (Wildman–Crippen LogP) is 7.18. The fourth-order valence-electron chi connectivity index (χ4n) is 4.37. The van der Waals surface area contributed by atoms with Crippen LogP contribution in [-0.2, 0) is 6.42 Å². The van der Waals surface area contributed by atoms with E-state index in [4.69, 9.17) is 0 Å². The Hall–Kier alpha value is -3.40. The zero-order valence-electron chi connectivity index (χ0n) is 18.7. The Kier molecular flexibility index (Phi) is 7.82. The molecule has 0 aliphatic carbocycles. The number of unbranched alkanes of at least 4 members (excludes halogenated alkanes) is 1. The first-order chi connectivity index (χ1) is 15.5. The second-order valence-electron chi connectivity index (χ2n) is 8.16. The van der Waals surface area contributed by atoms with Crippen LogP contribution in [0.25, 0.3) is 22.3 Å². The van der Waals surface area contributed by atoms with E-state index in [2.05, 4.69) is 13.8 Å². The van der Waals surface area contributed by atoms with E-state index in [-0.39, 0.29) is 17.0 Å². The molecule has 0 aliphatic rings. The van der Waals surface area contributed by atoms with E-state index in [1.807, 2.05) is 60.7 Å². The van der Waals surface area contributed by atoms with Gasteiger partial charge in [0.25, 0.3) is 0 Å². The monoisotopic (exact) mass is 430 g/mol. The highest BCUT2D eigenvalue weighted by Gasteiger charge is 2.28. The molecule has 2 N–H and O–H groups in total. The topological polar surface area (TPSA) is 74.6 Å². The minimum Gasteiger partial charge on any atom is -0.478 e. The number of hydrogen-bond donors (Lipinski definition) is 2. The fourth-order valence-corrected chi connectivity index (χ4v) is 4.37. The molecule has 1 unspecified atom stereocenters. The van der Waals surface area contributed by atoms with Crippen LogP contribution in [-0.4, -0.2) is 22.2 Å². The first-order valence-electron chi connectivity index (χ1n) is 11.2. The third-order valence-electron chi connectivity index (χ3n) is 6.06. The SMILES string of the molecule is CCCCC(CC)Cc1c(C(=O)O)c(C(=O)O)cc(-c2ccccc2)c1-c1ccccc1. The van der Waals surface area contributed by atoms with Crippen molar-refractivity contribution in [3.8, 4) is 22.3 Å². The van der Waals surface area contributed by atoms with Gasteiger partial charge in [-0.05, 0) is 46.2 Å². The molecule has 0 aromatic heterocycles. The minimum absolute atomic E-state index is 0.0917. The summed E-state index contributed by atoms with van der Waals surface area (Å²) in [5.74, 6) is -2.13. The molecule has 3 aromatic carbocycles. The highest BCUT2D eigenvalue weighted by Crippen LogP contribution is 2.40. The first-order valence-corrected chi connectivity index (χ1v) is 11.2. The molecule has 1 atom stereocenters. The molecule has 3 aromatic rings. The second kappa shape index (κ2) is 10.8. The van der Waals surface area contributed by atoms with Crippen molar-refractivity contribution in [2.75, 3.05) is 0 Å². The maximum Gasteiger partial charge on any atom is 0.336 e. The van der Waals surface area contributed by atoms with Gasteiger partial charge in [-0.1, -0.05) is 100 Å². The largest absolute Gasteiger partial charge is 0.478 e. The van der Waals surface area contributed by atoms with Crippen molar-refractivity contribution in [1.29, 1.82) is 0 Å². The van der Waals surface area contributed by atoms with Gasteiger partial charge in [-0.3, -0.25) is 0 Å². The smallest absolute Gasteiger partial charge is 0.336 e. The molecule has 0 saturated heterocycles. The summed E-state index contributed by atoms with van der Waals surface area (Å²) < 4.78 is 0. The van der Waals surface area contributed by atoms with E-state index in [9.17, 15) is 19.8 Å². The van der Waals surface area contributed by atoms with Crippen LogP contribution in [0.1, 0.15) is 65.8 Å². The molecule has 0 radical (unpaired) electrons. The maximum atomic E-state index is 12.4. The van der Waals surface area contributed by atoms with Crippen molar-refractivity contribution in [1.82, 2.24) is 0 Å². The van der Waals surface area contributed by atoms with Gasteiger partial charge < -0.3 is 10.2 Å². The highest BCUT2D eigenvalue weighted by atomic mass is 16.4. The molecule has 0 bridgehead atoms. The minimum atomic E-state index is -1.22. The third kappa shape index (κ3) is 5.08. The van der Waals surface area contributed by atoms with Crippen molar-refractivity contribution in [2.24, 2.45) is 5.92 Å². The van der Waals surface area contributed by atoms with Gasteiger partial charge in [-0.15, -0.1) is 0 Å². The van der Waals surface area contributed by atoms with E-state index in [0.29, 0.717) is 12.0 Å². The summed E-state index contributed by atoms with van der Waals surface area (Å²) >= 11 is 0. The Morgan fingerprint density at radius 1 is 0.844 bits per heavy atom. The summed E-state index contributed by atoms with van der Waals surface area (Å²) in [5, 5.41) is 20.1. The van der Waals surface area contributed by atoms with Crippen molar-refractivity contribution in [3.05, 3.63) is 83.4 Å². The molecule has 0 aliphatic heterocycles. The van der Waals surface area contributed by atoms with Crippen LogP contribution < -0.4 is 0 Å². The average Bonchev–Trinajstić information content (AvgIpc) is 2.81. The Bertz CT molecular complexity index is 1070. The van der Waals surface area contributed by atoms with Crippen LogP contribution in [0.5, 0.6) is 0 Å². The molecule has 166 valence electrons. The number of carboxylic acid groups (broad SMARTS) is 2. The van der Waals surface area contributed by atoms with Gasteiger partial charge in [0.1, 0.15) is 0 Å². The molecule has 4 nitrogen and oxygen atoms in total. The number of rotatable bonds is 10. The first kappa shape index (κ1) is 23.3. The number of carbonyl (C=O) groups is 2. The van der Waals surface area contributed by atoms with E-state index in [1.165, 1.54) is 6.07 Å². The van der Waals surface area contributed by atoms with E-state index in [0.717, 1.165) is 47.9 Å². The van der Waals surface area contributed by atoms with Crippen molar-refractivity contribution < 1.29 is 19.8 Å². The van der Waals surface area contributed by atoms with Crippen LogP contribution in [0, 0.1) is 5.92 Å². The average molecular weight is 431 g/mol. The zero-order chi connectivity index (χ0) is 23.1. The second-order valence-corrected chi connectivity index (χ2v) is 8.16. The Balaban J connectivity index is 2.39. The Morgan fingerprint density at radius 2 is 1.44 bits per heavy atom. The van der Waals surface area contributed by atoms with Crippen LogP contribution in [0.4, 0.5) is 0 Å². The Morgan fingerprint density at radius 3 is 1.94 bits per heavy atom.